The van der Waals surface area contributed by atoms with E-state index in [-0.39, 0.29) is 11.8 Å². The molecule has 0 radical (unpaired) electrons. The number of nitrogens with zero attached hydrogens (tertiary/aromatic N) is 3. The lowest BCUT2D eigenvalue weighted by atomic mass is 9.90. The molecule has 0 aromatic heterocycles. The number of fused-ring (bicyclic) bond motifs is 4. The van der Waals surface area contributed by atoms with Crippen LogP contribution >= 0.6 is 11.6 Å². The van der Waals surface area contributed by atoms with E-state index in [1.165, 1.54) is 11.1 Å². The highest BCUT2D eigenvalue weighted by atomic mass is 35.5. The maximum Gasteiger partial charge on any atom is 0.200 e. The Bertz CT molecular complexity index is 900. The molecular formula is C22H24ClN3O. The highest BCUT2D eigenvalue weighted by Gasteiger charge is 2.51. The number of hydrogen-bond acceptors (Lipinski definition) is 4. The van der Waals surface area contributed by atoms with E-state index in [0.717, 1.165) is 54.4 Å². The van der Waals surface area contributed by atoms with Crippen molar-refractivity contribution in [3.63, 3.8) is 0 Å². The van der Waals surface area contributed by atoms with Crippen LogP contribution in [0.5, 0.6) is 5.75 Å². The smallest absolute Gasteiger partial charge is 0.200 e. The fourth-order valence-electron chi connectivity index (χ4n) is 4.56. The van der Waals surface area contributed by atoms with Crippen molar-refractivity contribution in [2.75, 3.05) is 20.1 Å². The monoisotopic (exact) mass is 381 g/mol. The third kappa shape index (κ3) is 2.74. The van der Waals surface area contributed by atoms with Gasteiger partial charge in [-0.05, 0) is 37.2 Å². The quantitative estimate of drug-likeness (QED) is 0.721. The molecule has 2 aromatic carbocycles. The van der Waals surface area contributed by atoms with E-state index in [2.05, 4.69) is 54.2 Å². The third-order valence-electron chi connectivity index (χ3n) is 6.17. The Balaban J connectivity index is 1.59. The van der Waals surface area contributed by atoms with Gasteiger partial charge in [0.2, 0.25) is 5.72 Å². The minimum absolute atomic E-state index is 0.239. The average molecular weight is 382 g/mol. The van der Waals surface area contributed by atoms with Crippen molar-refractivity contribution in [2.24, 2.45) is 5.10 Å². The fraction of sp³-hybridized carbons (Fsp3) is 0.409. The van der Waals surface area contributed by atoms with Crippen LogP contribution in [0.4, 0.5) is 0 Å². The molecule has 0 N–H and O–H groups in total. The normalized spacial score (nSPS) is 23.6. The second kappa shape index (κ2) is 6.25. The van der Waals surface area contributed by atoms with Crippen LogP contribution in [0, 0.1) is 6.92 Å². The van der Waals surface area contributed by atoms with Crippen LogP contribution in [-0.4, -0.2) is 41.5 Å². The molecule has 2 aromatic rings. The Hall–Kier alpha value is -2.04. The summed E-state index contributed by atoms with van der Waals surface area (Å²) >= 11 is 6.08. The molecule has 140 valence electrons. The SMILES string of the molecule is Cc1cccc2c1OC1(CCN(C)CC1)N1N=C(c3ccc(Cl)cc3)C[C@@H]21. The predicted molar refractivity (Wildman–Crippen MR) is 108 cm³/mol. The van der Waals surface area contributed by atoms with Gasteiger partial charge in [0, 0.05) is 42.9 Å². The number of hydrogen-bond donors (Lipinski definition) is 0. The molecule has 1 saturated heterocycles. The summed E-state index contributed by atoms with van der Waals surface area (Å²) in [4.78, 5) is 2.37. The molecule has 0 amide bonds. The van der Waals surface area contributed by atoms with E-state index >= 15 is 0 Å². The number of piperidine rings is 1. The first-order valence-electron chi connectivity index (χ1n) is 9.66. The van der Waals surface area contributed by atoms with Crippen LogP contribution < -0.4 is 4.74 Å². The number of aryl methyl sites for hydroxylation is 1. The standard InChI is InChI=1S/C22H24ClN3O/c1-15-4-3-5-18-20-14-19(16-6-8-17(23)9-7-16)24-26(20)22(27-21(15)18)10-12-25(2)13-11-22/h3-9,20H,10-14H2,1-2H3/t20-/m0/s1. The van der Waals surface area contributed by atoms with Gasteiger partial charge in [0.1, 0.15) is 5.75 Å². The van der Waals surface area contributed by atoms with E-state index in [9.17, 15) is 0 Å². The number of ether oxygens (including phenoxy) is 1. The summed E-state index contributed by atoms with van der Waals surface area (Å²) in [7, 11) is 2.18. The van der Waals surface area contributed by atoms with E-state index in [4.69, 9.17) is 21.4 Å². The summed E-state index contributed by atoms with van der Waals surface area (Å²) < 4.78 is 6.73. The Morgan fingerprint density at radius 2 is 1.85 bits per heavy atom. The fourth-order valence-corrected chi connectivity index (χ4v) is 4.68. The number of halogens is 1. The summed E-state index contributed by atoms with van der Waals surface area (Å²) in [6, 6.07) is 14.7. The van der Waals surface area contributed by atoms with Crippen molar-refractivity contribution >= 4 is 17.3 Å². The average Bonchev–Trinajstić information content (AvgIpc) is 3.12. The zero-order valence-corrected chi connectivity index (χ0v) is 16.5. The van der Waals surface area contributed by atoms with E-state index < -0.39 is 0 Å². The zero-order chi connectivity index (χ0) is 18.6. The Kier molecular flexibility index (Phi) is 3.95. The highest BCUT2D eigenvalue weighted by molar-refractivity contribution is 6.30. The van der Waals surface area contributed by atoms with Crippen molar-refractivity contribution < 1.29 is 4.74 Å². The Morgan fingerprint density at radius 3 is 2.59 bits per heavy atom. The van der Waals surface area contributed by atoms with Crippen LogP contribution in [0.25, 0.3) is 0 Å². The van der Waals surface area contributed by atoms with E-state index in [0.29, 0.717) is 0 Å². The van der Waals surface area contributed by atoms with Gasteiger partial charge in [-0.15, -0.1) is 0 Å². The van der Waals surface area contributed by atoms with Gasteiger partial charge in [0.05, 0.1) is 11.8 Å². The summed E-state index contributed by atoms with van der Waals surface area (Å²) in [5.74, 6) is 1.07. The summed E-state index contributed by atoms with van der Waals surface area (Å²) in [6.45, 7) is 4.19. The van der Waals surface area contributed by atoms with Crippen LogP contribution in [0.15, 0.2) is 47.6 Å². The molecular weight excluding hydrogens is 358 g/mol. The van der Waals surface area contributed by atoms with Gasteiger partial charge < -0.3 is 9.64 Å². The maximum atomic E-state index is 6.73. The van der Waals surface area contributed by atoms with Gasteiger partial charge in [0.15, 0.2) is 0 Å². The summed E-state index contributed by atoms with van der Waals surface area (Å²) in [5, 5.41) is 8.13. The molecule has 1 fully saturated rings. The number of likely N-dealkylation sites (tertiary alicyclic amines) is 1. The van der Waals surface area contributed by atoms with E-state index in [1.54, 1.807) is 0 Å². The van der Waals surface area contributed by atoms with Crippen molar-refractivity contribution in [3.05, 3.63) is 64.2 Å². The molecule has 0 unspecified atom stereocenters. The molecule has 3 aliphatic heterocycles. The van der Waals surface area contributed by atoms with Crippen molar-refractivity contribution in [3.8, 4) is 5.75 Å². The number of rotatable bonds is 1. The van der Waals surface area contributed by atoms with Gasteiger partial charge in [-0.1, -0.05) is 41.9 Å². The maximum absolute atomic E-state index is 6.73. The highest BCUT2D eigenvalue weighted by Crippen LogP contribution is 2.50. The van der Waals surface area contributed by atoms with Gasteiger partial charge in [0.25, 0.3) is 0 Å². The Labute approximate surface area is 165 Å². The first kappa shape index (κ1) is 17.1. The second-order valence-corrected chi connectivity index (χ2v) is 8.40. The molecule has 0 bridgehead atoms. The molecule has 3 aliphatic rings. The predicted octanol–water partition coefficient (Wildman–Crippen LogP) is 4.61. The molecule has 27 heavy (non-hydrogen) atoms. The number of benzene rings is 2. The number of para-hydroxylation sites is 1. The summed E-state index contributed by atoms with van der Waals surface area (Å²) in [6.07, 6.45) is 2.83. The van der Waals surface area contributed by atoms with Gasteiger partial charge in [-0.25, -0.2) is 5.01 Å². The lowest BCUT2D eigenvalue weighted by molar-refractivity contribution is -0.148. The first-order valence-corrected chi connectivity index (χ1v) is 10.0. The minimum atomic E-state index is -0.343. The summed E-state index contributed by atoms with van der Waals surface area (Å²) in [5.41, 5.74) is 4.39. The Morgan fingerprint density at radius 1 is 1.11 bits per heavy atom. The minimum Gasteiger partial charge on any atom is -0.466 e. The molecule has 0 saturated carbocycles. The molecule has 1 atom stereocenters. The molecule has 5 rings (SSSR count). The van der Waals surface area contributed by atoms with Crippen LogP contribution in [-0.2, 0) is 0 Å². The molecule has 5 heteroatoms. The lowest BCUT2D eigenvalue weighted by Crippen LogP contribution is -2.58. The molecule has 4 nitrogen and oxygen atoms in total. The second-order valence-electron chi connectivity index (χ2n) is 7.96. The van der Waals surface area contributed by atoms with Crippen molar-refractivity contribution in [1.29, 1.82) is 0 Å². The topological polar surface area (TPSA) is 28.1 Å². The van der Waals surface area contributed by atoms with Crippen molar-refractivity contribution in [2.45, 2.75) is 38.0 Å². The number of hydrazone groups is 1. The van der Waals surface area contributed by atoms with Crippen LogP contribution in [0.1, 0.15) is 42.0 Å². The molecule has 1 spiro atoms. The largest absolute Gasteiger partial charge is 0.466 e. The van der Waals surface area contributed by atoms with E-state index in [1.807, 2.05) is 12.1 Å². The molecule has 0 aliphatic carbocycles. The zero-order valence-electron chi connectivity index (χ0n) is 15.8. The first-order chi connectivity index (χ1) is 13.1. The van der Waals surface area contributed by atoms with Crippen LogP contribution in [0.3, 0.4) is 0 Å². The van der Waals surface area contributed by atoms with Gasteiger partial charge in [-0.2, -0.15) is 5.10 Å². The third-order valence-corrected chi connectivity index (χ3v) is 6.42. The molecule has 3 heterocycles. The lowest BCUT2D eigenvalue weighted by Gasteiger charge is -2.51. The van der Waals surface area contributed by atoms with Gasteiger partial charge in [-0.3, -0.25) is 0 Å². The van der Waals surface area contributed by atoms with Gasteiger partial charge >= 0.3 is 0 Å². The van der Waals surface area contributed by atoms with Crippen molar-refractivity contribution in [1.82, 2.24) is 9.91 Å². The van der Waals surface area contributed by atoms with Crippen LogP contribution in [0.2, 0.25) is 5.02 Å².